The van der Waals surface area contributed by atoms with E-state index in [0.29, 0.717) is 37.6 Å². The van der Waals surface area contributed by atoms with Gasteiger partial charge in [-0.15, -0.1) is 10.2 Å². The lowest BCUT2D eigenvalue weighted by atomic mass is 10.1. The van der Waals surface area contributed by atoms with Crippen LogP contribution in [0.5, 0.6) is 5.75 Å². The largest absolute Gasteiger partial charge is 0.495 e. The summed E-state index contributed by atoms with van der Waals surface area (Å²) in [7, 11) is -2.16. The minimum atomic E-state index is -3.66. The number of anilines is 1. The molecule has 1 aliphatic heterocycles. The van der Waals surface area contributed by atoms with Crippen LogP contribution >= 0.6 is 0 Å². The Hall–Kier alpha value is -3.04. The fourth-order valence-corrected chi connectivity index (χ4v) is 5.21. The van der Waals surface area contributed by atoms with Crippen molar-refractivity contribution in [3.05, 3.63) is 59.8 Å². The Morgan fingerprint density at radius 2 is 1.65 bits per heavy atom. The maximum Gasteiger partial charge on any atom is 0.246 e. The fourth-order valence-electron chi connectivity index (χ4n) is 3.57. The third-order valence-corrected chi connectivity index (χ3v) is 7.46. The number of hydrogen-bond donors (Lipinski definition) is 0. The molecule has 4 rings (SSSR count). The average molecular weight is 440 g/mol. The highest BCUT2D eigenvalue weighted by Crippen LogP contribution is 2.30. The SMILES string of the molecule is COc1cc(C)c(C)cc1S(=O)(=O)N1CCN(c2ccc(-c3ccccn3)nn2)CC1. The van der Waals surface area contributed by atoms with Crippen LogP contribution in [0.4, 0.5) is 5.82 Å². The topological polar surface area (TPSA) is 88.5 Å². The molecule has 8 nitrogen and oxygen atoms in total. The normalized spacial score (nSPS) is 15.1. The Bertz CT molecular complexity index is 1160. The summed E-state index contributed by atoms with van der Waals surface area (Å²) in [6, 6.07) is 12.9. The highest BCUT2D eigenvalue weighted by molar-refractivity contribution is 7.89. The van der Waals surface area contributed by atoms with Crippen molar-refractivity contribution >= 4 is 15.8 Å². The van der Waals surface area contributed by atoms with E-state index >= 15 is 0 Å². The van der Waals surface area contributed by atoms with E-state index < -0.39 is 10.0 Å². The highest BCUT2D eigenvalue weighted by Gasteiger charge is 2.31. The quantitative estimate of drug-likeness (QED) is 0.604. The first-order chi connectivity index (χ1) is 14.9. The molecule has 0 atom stereocenters. The number of aromatic nitrogens is 3. The summed E-state index contributed by atoms with van der Waals surface area (Å²) in [5.74, 6) is 1.10. The van der Waals surface area contributed by atoms with Gasteiger partial charge >= 0.3 is 0 Å². The number of ether oxygens (including phenoxy) is 1. The standard InChI is InChI=1S/C22H25N5O3S/c1-16-14-20(30-3)21(15-17(16)2)31(28,29)27-12-10-26(11-13-27)22-8-7-19(24-25-22)18-6-4-5-9-23-18/h4-9,14-15H,10-13H2,1-3H3. The molecule has 162 valence electrons. The van der Waals surface area contributed by atoms with E-state index in [0.717, 1.165) is 22.6 Å². The molecule has 3 heterocycles. The summed E-state index contributed by atoms with van der Waals surface area (Å²) in [5, 5.41) is 8.60. The molecule has 0 N–H and O–H groups in total. The van der Waals surface area contributed by atoms with Gasteiger partial charge in [0.05, 0.1) is 12.8 Å². The van der Waals surface area contributed by atoms with Crippen LogP contribution in [-0.2, 0) is 10.0 Å². The molecule has 2 aromatic heterocycles. The fraction of sp³-hybridized carbons (Fsp3) is 0.318. The van der Waals surface area contributed by atoms with Crippen LogP contribution in [0.25, 0.3) is 11.4 Å². The van der Waals surface area contributed by atoms with Crippen molar-refractivity contribution in [3.63, 3.8) is 0 Å². The molecule has 1 aromatic carbocycles. The van der Waals surface area contributed by atoms with Crippen molar-refractivity contribution in [1.82, 2.24) is 19.5 Å². The third kappa shape index (κ3) is 4.24. The van der Waals surface area contributed by atoms with Gasteiger partial charge in [0.15, 0.2) is 5.82 Å². The number of rotatable bonds is 5. The molecule has 9 heteroatoms. The van der Waals surface area contributed by atoms with Crippen molar-refractivity contribution in [2.45, 2.75) is 18.7 Å². The van der Waals surface area contributed by atoms with E-state index in [2.05, 4.69) is 15.2 Å². The molecular formula is C22H25N5O3S. The summed E-state index contributed by atoms with van der Waals surface area (Å²) in [5.41, 5.74) is 3.38. The minimum Gasteiger partial charge on any atom is -0.495 e. The number of nitrogens with zero attached hydrogens (tertiary/aromatic N) is 5. The Labute approximate surface area is 182 Å². The minimum absolute atomic E-state index is 0.214. The molecule has 0 bridgehead atoms. The van der Waals surface area contributed by atoms with Crippen LogP contribution in [0, 0.1) is 13.8 Å². The van der Waals surface area contributed by atoms with E-state index in [1.807, 2.05) is 49.1 Å². The van der Waals surface area contributed by atoms with Crippen LogP contribution in [0.2, 0.25) is 0 Å². The lowest BCUT2D eigenvalue weighted by molar-refractivity contribution is 0.373. The molecule has 3 aromatic rings. The first kappa shape index (κ1) is 21.2. The maximum absolute atomic E-state index is 13.3. The first-order valence-corrected chi connectivity index (χ1v) is 11.5. The van der Waals surface area contributed by atoms with Crippen LogP contribution in [-0.4, -0.2) is 61.2 Å². The zero-order chi connectivity index (χ0) is 22.0. The van der Waals surface area contributed by atoms with Gasteiger partial charge in [-0.3, -0.25) is 4.98 Å². The number of pyridine rings is 1. The van der Waals surface area contributed by atoms with Crippen molar-refractivity contribution in [2.24, 2.45) is 0 Å². The maximum atomic E-state index is 13.3. The lowest BCUT2D eigenvalue weighted by Crippen LogP contribution is -2.49. The average Bonchev–Trinajstić information content (AvgIpc) is 2.81. The van der Waals surface area contributed by atoms with E-state index in [1.165, 1.54) is 11.4 Å². The van der Waals surface area contributed by atoms with Gasteiger partial charge in [-0.2, -0.15) is 4.31 Å². The summed E-state index contributed by atoms with van der Waals surface area (Å²) < 4.78 is 33.4. The molecule has 0 amide bonds. The highest BCUT2D eigenvalue weighted by atomic mass is 32.2. The van der Waals surface area contributed by atoms with Crippen molar-refractivity contribution in [1.29, 1.82) is 0 Å². The molecular weight excluding hydrogens is 414 g/mol. The molecule has 31 heavy (non-hydrogen) atoms. The first-order valence-electron chi connectivity index (χ1n) is 10.1. The van der Waals surface area contributed by atoms with Gasteiger partial charge in [0.25, 0.3) is 0 Å². The smallest absolute Gasteiger partial charge is 0.246 e. The Morgan fingerprint density at radius 1 is 0.903 bits per heavy atom. The zero-order valence-corrected chi connectivity index (χ0v) is 18.6. The van der Waals surface area contributed by atoms with Gasteiger partial charge in [-0.05, 0) is 61.4 Å². The second-order valence-corrected chi connectivity index (χ2v) is 9.38. The van der Waals surface area contributed by atoms with E-state index in [-0.39, 0.29) is 4.90 Å². The number of aryl methyl sites for hydroxylation is 2. The summed E-state index contributed by atoms with van der Waals surface area (Å²) in [4.78, 5) is 6.54. The number of methoxy groups -OCH3 is 1. The van der Waals surface area contributed by atoms with Gasteiger partial charge in [-0.25, -0.2) is 8.42 Å². The number of sulfonamides is 1. The number of benzene rings is 1. The summed E-state index contributed by atoms with van der Waals surface area (Å²) in [6.07, 6.45) is 1.72. The van der Waals surface area contributed by atoms with Gasteiger partial charge < -0.3 is 9.64 Å². The number of piperazine rings is 1. The van der Waals surface area contributed by atoms with Crippen LogP contribution in [0.3, 0.4) is 0 Å². The van der Waals surface area contributed by atoms with Crippen LogP contribution in [0.15, 0.2) is 53.6 Å². The second-order valence-electron chi connectivity index (χ2n) is 7.47. The zero-order valence-electron chi connectivity index (χ0n) is 17.8. The Balaban J connectivity index is 1.48. The molecule has 1 fully saturated rings. The Morgan fingerprint density at radius 3 is 2.26 bits per heavy atom. The Kier molecular flexibility index (Phi) is 5.88. The lowest BCUT2D eigenvalue weighted by Gasteiger charge is -2.34. The van der Waals surface area contributed by atoms with Crippen molar-refractivity contribution < 1.29 is 13.2 Å². The molecule has 0 spiro atoms. The van der Waals surface area contributed by atoms with Gasteiger partial charge in [-0.1, -0.05) is 6.07 Å². The molecule has 1 aliphatic rings. The van der Waals surface area contributed by atoms with Crippen molar-refractivity contribution in [2.75, 3.05) is 38.2 Å². The molecule has 1 saturated heterocycles. The monoisotopic (exact) mass is 439 g/mol. The molecule has 0 aliphatic carbocycles. The van der Waals surface area contributed by atoms with Gasteiger partial charge in [0, 0.05) is 32.4 Å². The van der Waals surface area contributed by atoms with E-state index in [4.69, 9.17) is 4.74 Å². The van der Waals surface area contributed by atoms with Crippen LogP contribution < -0.4 is 9.64 Å². The van der Waals surface area contributed by atoms with E-state index in [1.54, 1.807) is 18.3 Å². The molecule has 0 unspecified atom stereocenters. The summed E-state index contributed by atoms with van der Waals surface area (Å²) >= 11 is 0. The number of hydrogen-bond acceptors (Lipinski definition) is 7. The van der Waals surface area contributed by atoms with Gasteiger partial charge in [0.1, 0.15) is 16.3 Å². The second kappa shape index (κ2) is 8.60. The van der Waals surface area contributed by atoms with Crippen molar-refractivity contribution in [3.8, 4) is 17.1 Å². The summed E-state index contributed by atoms with van der Waals surface area (Å²) in [6.45, 7) is 5.63. The third-order valence-electron chi connectivity index (χ3n) is 5.54. The molecule has 0 saturated carbocycles. The predicted octanol–water partition coefficient (Wildman–Crippen LogP) is 2.67. The van der Waals surface area contributed by atoms with Crippen LogP contribution in [0.1, 0.15) is 11.1 Å². The van der Waals surface area contributed by atoms with Gasteiger partial charge in [0.2, 0.25) is 10.0 Å². The van der Waals surface area contributed by atoms with E-state index in [9.17, 15) is 8.42 Å². The predicted molar refractivity (Wildman–Crippen MR) is 119 cm³/mol. The molecule has 0 radical (unpaired) electrons.